The van der Waals surface area contributed by atoms with Crippen molar-refractivity contribution < 1.29 is 9.53 Å². The summed E-state index contributed by atoms with van der Waals surface area (Å²) in [6.07, 6.45) is 3.45. The fourth-order valence-electron chi connectivity index (χ4n) is 2.53. The van der Waals surface area contributed by atoms with Gasteiger partial charge in [0.15, 0.2) is 5.13 Å². The van der Waals surface area contributed by atoms with Crippen LogP contribution in [-0.2, 0) is 4.74 Å². The van der Waals surface area contributed by atoms with E-state index in [0.29, 0.717) is 11.5 Å². The number of aromatic nitrogens is 2. The topological polar surface area (TPSA) is 58.6 Å². The Balaban J connectivity index is 1.62. The van der Waals surface area contributed by atoms with Gasteiger partial charge in [0.05, 0.1) is 12.8 Å². The molecule has 0 bridgehead atoms. The first-order chi connectivity index (χ1) is 11.2. The molecule has 6 nitrogen and oxygen atoms in total. The van der Waals surface area contributed by atoms with Crippen molar-refractivity contribution >= 4 is 28.3 Å². The van der Waals surface area contributed by atoms with E-state index < -0.39 is 0 Å². The second-order valence-electron chi connectivity index (χ2n) is 5.39. The lowest BCUT2D eigenvalue weighted by atomic mass is 10.2. The molecule has 2 aromatic rings. The highest BCUT2D eigenvalue weighted by Gasteiger charge is 2.21. The number of thiazole rings is 1. The average molecular weight is 332 g/mol. The van der Waals surface area contributed by atoms with E-state index in [4.69, 9.17) is 4.74 Å². The van der Waals surface area contributed by atoms with Crippen LogP contribution in [0.25, 0.3) is 0 Å². The molecule has 2 aromatic heterocycles. The first-order valence-corrected chi connectivity index (χ1v) is 8.54. The molecule has 0 saturated carbocycles. The molecular weight excluding hydrogens is 312 g/mol. The molecule has 7 heteroatoms. The first-order valence-electron chi connectivity index (χ1n) is 7.73. The summed E-state index contributed by atoms with van der Waals surface area (Å²) in [5, 5.41) is 0.880. The summed E-state index contributed by atoms with van der Waals surface area (Å²) >= 11 is 1.39. The minimum absolute atomic E-state index is 0.293. The van der Waals surface area contributed by atoms with Crippen LogP contribution in [0.1, 0.15) is 22.2 Å². The Morgan fingerprint density at radius 3 is 2.70 bits per heavy atom. The number of nitrogens with zero attached hydrogens (tertiary/aromatic N) is 4. The number of carbonyl (C=O) groups excluding carboxylic acids is 1. The van der Waals surface area contributed by atoms with Crippen LogP contribution in [0.4, 0.5) is 10.9 Å². The van der Waals surface area contributed by atoms with Gasteiger partial charge in [-0.2, -0.15) is 0 Å². The summed E-state index contributed by atoms with van der Waals surface area (Å²) in [5.74, 6) is 0.731. The number of esters is 1. The normalized spacial score (nSPS) is 14.9. The van der Waals surface area contributed by atoms with Crippen molar-refractivity contribution in [1.82, 2.24) is 9.97 Å². The van der Waals surface area contributed by atoms with Gasteiger partial charge < -0.3 is 14.5 Å². The SMILES string of the molecule is CCOC(=O)c1cnc(N2CCN(c3cc(C)ccn3)CC2)s1. The molecule has 23 heavy (non-hydrogen) atoms. The van der Waals surface area contributed by atoms with Crippen molar-refractivity contribution in [2.45, 2.75) is 13.8 Å². The maximum absolute atomic E-state index is 11.7. The highest BCUT2D eigenvalue weighted by Crippen LogP contribution is 2.25. The molecule has 0 N–H and O–H groups in total. The van der Waals surface area contributed by atoms with E-state index in [9.17, 15) is 4.79 Å². The van der Waals surface area contributed by atoms with Gasteiger partial charge in [-0.1, -0.05) is 11.3 Å². The average Bonchev–Trinajstić information content (AvgIpc) is 3.05. The number of hydrogen-bond donors (Lipinski definition) is 0. The Morgan fingerprint density at radius 1 is 1.26 bits per heavy atom. The molecule has 0 amide bonds. The van der Waals surface area contributed by atoms with Gasteiger partial charge in [0.2, 0.25) is 0 Å². The van der Waals surface area contributed by atoms with Crippen LogP contribution in [-0.4, -0.2) is 48.7 Å². The van der Waals surface area contributed by atoms with Crippen LogP contribution >= 0.6 is 11.3 Å². The van der Waals surface area contributed by atoms with Crippen LogP contribution in [0.3, 0.4) is 0 Å². The quantitative estimate of drug-likeness (QED) is 0.801. The van der Waals surface area contributed by atoms with Gasteiger partial charge in [-0.25, -0.2) is 14.8 Å². The minimum Gasteiger partial charge on any atom is -0.462 e. The molecule has 1 fully saturated rings. The summed E-state index contributed by atoms with van der Waals surface area (Å²) in [6, 6.07) is 4.12. The van der Waals surface area contributed by atoms with E-state index in [2.05, 4.69) is 32.8 Å². The summed E-state index contributed by atoms with van der Waals surface area (Å²) in [6.45, 7) is 7.78. The Morgan fingerprint density at radius 2 is 2.00 bits per heavy atom. The molecule has 3 heterocycles. The van der Waals surface area contributed by atoms with E-state index in [1.807, 2.05) is 12.3 Å². The zero-order valence-corrected chi connectivity index (χ0v) is 14.2. The zero-order valence-electron chi connectivity index (χ0n) is 13.4. The van der Waals surface area contributed by atoms with E-state index in [1.165, 1.54) is 16.9 Å². The van der Waals surface area contributed by atoms with Crippen LogP contribution in [0.5, 0.6) is 0 Å². The largest absolute Gasteiger partial charge is 0.462 e. The number of rotatable bonds is 4. The highest BCUT2D eigenvalue weighted by atomic mass is 32.1. The molecule has 0 radical (unpaired) electrons. The summed E-state index contributed by atoms with van der Waals surface area (Å²) < 4.78 is 5.01. The number of hydrogen-bond acceptors (Lipinski definition) is 7. The monoisotopic (exact) mass is 332 g/mol. The summed E-state index contributed by atoms with van der Waals surface area (Å²) in [7, 11) is 0. The van der Waals surface area contributed by atoms with Gasteiger partial charge in [-0.15, -0.1) is 0 Å². The number of carbonyl (C=O) groups is 1. The number of pyridine rings is 1. The third kappa shape index (κ3) is 3.61. The second kappa shape index (κ2) is 6.95. The maximum Gasteiger partial charge on any atom is 0.350 e. The number of aryl methyl sites for hydroxylation is 1. The highest BCUT2D eigenvalue weighted by molar-refractivity contribution is 7.17. The van der Waals surface area contributed by atoms with Crippen LogP contribution < -0.4 is 9.80 Å². The molecule has 0 spiro atoms. The molecule has 0 unspecified atom stereocenters. The Bertz CT molecular complexity index is 680. The predicted octanol–water partition coefficient (Wildman–Crippen LogP) is 2.35. The van der Waals surface area contributed by atoms with Gasteiger partial charge in [0.25, 0.3) is 0 Å². The smallest absolute Gasteiger partial charge is 0.350 e. The van der Waals surface area contributed by atoms with Crippen molar-refractivity contribution in [3.05, 3.63) is 35.0 Å². The van der Waals surface area contributed by atoms with Gasteiger partial charge in [-0.05, 0) is 31.5 Å². The van der Waals surface area contributed by atoms with Crippen LogP contribution in [0, 0.1) is 6.92 Å². The molecule has 1 saturated heterocycles. The lowest BCUT2D eigenvalue weighted by molar-refractivity contribution is 0.0532. The zero-order chi connectivity index (χ0) is 16.2. The van der Waals surface area contributed by atoms with Crippen molar-refractivity contribution in [3.8, 4) is 0 Å². The van der Waals surface area contributed by atoms with E-state index >= 15 is 0 Å². The number of ether oxygens (including phenoxy) is 1. The summed E-state index contributed by atoms with van der Waals surface area (Å²) in [4.78, 5) is 25.6. The summed E-state index contributed by atoms with van der Waals surface area (Å²) in [5.41, 5.74) is 1.22. The fraction of sp³-hybridized carbons (Fsp3) is 0.438. The van der Waals surface area contributed by atoms with Crippen molar-refractivity contribution in [1.29, 1.82) is 0 Å². The molecule has 3 rings (SSSR count). The number of piperazine rings is 1. The molecule has 0 atom stereocenters. The van der Waals surface area contributed by atoms with Crippen molar-refractivity contribution in [2.75, 3.05) is 42.6 Å². The van der Waals surface area contributed by atoms with E-state index in [-0.39, 0.29) is 5.97 Å². The molecule has 1 aliphatic heterocycles. The molecule has 122 valence electrons. The first kappa shape index (κ1) is 15.7. The van der Waals surface area contributed by atoms with E-state index in [0.717, 1.165) is 37.1 Å². The third-order valence-electron chi connectivity index (χ3n) is 3.75. The molecule has 0 aliphatic carbocycles. The van der Waals surface area contributed by atoms with Crippen molar-refractivity contribution in [3.63, 3.8) is 0 Å². The third-order valence-corrected chi connectivity index (χ3v) is 4.78. The Labute approximate surface area is 139 Å². The minimum atomic E-state index is -0.293. The molecular formula is C16H20N4O2S. The van der Waals surface area contributed by atoms with Crippen molar-refractivity contribution in [2.24, 2.45) is 0 Å². The standard InChI is InChI=1S/C16H20N4O2S/c1-3-22-15(21)13-11-18-16(23-13)20-8-6-19(7-9-20)14-10-12(2)4-5-17-14/h4-5,10-11H,3,6-9H2,1-2H3. The lowest BCUT2D eigenvalue weighted by Gasteiger charge is -2.35. The van der Waals surface area contributed by atoms with Gasteiger partial charge in [0.1, 0.15) is 10.7 Å². The van der Waals surface area contributed by atoms with Gasteiger partial charge in [0, 0.05) is 32.4 Å². The van der Waals surface area contributed by atoms with Gasteiger partial charge >= 0.3 is 5.97 Å². The molecule has 1 aliphatic rings. The fourth-order valence-corrected chi connectivity index (χ4v) is 3.39. The van der Waals surface area contributed by atoms with Crippen LogP contribution in [0.2, 0.25) is 0 Å². The number of anilines is 2. The lowest BCUT2D eigenvalue weighted by Crippen LogP contribution is -2.46. The Hall–Kier alpha value is -2.15. The maximum atomic E-state index is 11.7. The van der Waals surface area contributed by atoms with Gasteiger partial charge in [-0.3, -0.25) is 0 Å². The second-order valence-corrected chi connectivity index (χ2v) is 6.40. The van der Waals surface area contributed by atoms with Crippen LogP contribution in [0.15, 0.2) is 24.5 Å². The van der Waals surface area contributed by atoms with E-state index in [1.54, 1.807) is 13.1 Å². The molecule has 0 aromatic carbocycles. The predicted molar refractivity (Wildman–Crippen MR) is 91.5 cm³/mol. The Kier molecular flexibility index (Phi) is 4.76.